The molecule has 3 aromatic rings. The van der Waals surface area contributed by atoms with Gasteiger partial charge in [-0.15, -0.1) is 0 Å². The van der Waals surface area contributed by atoms with Gasteiger partial charge < -0.3 is 19.7 Å². The normalized spacial score (nSPS) is 13.2. The van der Waals surface area contributed by atoms with E-state index in [2.05, 4.69) is 5.32 Å². The van der Waals surface area contributed by atoms with E-state index in [0.29, 0.717) is 25.1 Å². The van der Waals surface area contributed by atoms with Crippen LogP contribution in [-0.4, -0.2) is 35.1 Å². The highest BCUT2D eigenvalue weighted by molar-refractivity contribution is 5.88. The van der Waals surface area contributed by atoms with Gasteiger partial charge in [0.1, 0.15) is 6.04 Å². The molecular formula is C30H34N2O4. The molecule has 1 aliphatic heterocycles. The third-order valence-electron chi connectivity index (χ3n) is 6.03. The molecule has 188 valence electrons. The molecule has 0 radical (unpaired) electrons. The third-order valence-corrected chi connectivity index (χ3v) is 6.03. The average molecular weight is 487 g/mol. The number of fused-ring (bicyclic) bond motifs is 1. The maximum Gasteiger partial charge on any atom is 0.243 e. The van der Waals surface area contributed by atoms with Gasteiger partial charge in [0.2, 0.25) is 18.6 Å². The Morgan fingerprint density at radius 2 is 1.50 bits per heavy atom. The lowest BCUT2D eigenvalue weighted by molar-refractivity contribution is -0.141. The van der Waals surface area contributed by atoms with Crippen molar-refractivity contribution >= 4 is 11.8 Å². The maximum atomic E-state index is 13.7. The SMILES string of the molecule is CC(C)(C)NC(=O)[C@@H](Cc1ccccc1)N(Cc1ccccc1)C(=O)CCc1ccc2c(c1)OCO2. The zero-order valence-corrected chi connectivity index (χ0v) is 21.2. The van der Waals surface area contributed by atoms with Crippen molar-refractivity contribution in [3.8, 4) is 11.5 Å². The zero-order chi connectivity index (χ0) is 25.5. The first-order chi connectivity index (χ1) is 17.3. The van der Waals surface area contributed by atoms with Crippen LogP contribution < -0.4 is 14.8 Å². The summed E-state index contributed by atoms with van der Waals surface area (Å²) >= 11 is 0. The van der Waals surface area contributed by atoms with Gasteiger partial charge in [0.25, 0.3) is 0 Å². The van der Waals surface area contributed by atoms with Crippen LogP contribution in [0.15, 0.2) is 78.9 Å². The Balaban J connectivity index is 1.59. The van der Waals surface area contributed by atoms with E-state index in [0.717, 1.165) is 22.4 Å². The zero-order valence-electron chi connectivity index (χ0n) is 21.2. The van der Waals surface area contributed by atoms with Gasteiger partial charge in [-0.2, -0.15) is 0 Å². The molecule has 4 rings (SSSR count). The van der Waals surface area contributed by atoms with Gasteiger partial charge >= 0.3 is 0 Å². The number of benzene rings is 3. The number of rotatable bonds is 9. The van der Waals surface area contributed by atoms with Gasteiger partial charge in [0.15, 0.2) is 11.5 Å². The van der Waals surface area contributed by atoms with Crippen molar-refractivity contribution in [1.82, 2.24) is 10.2 Å². The highest BCUT2D eigenvalue weighted by Gasteiger charge is 2.32. The summed E-state index contributed by atoms with van der Waals surface area (Å²) in [6.07, 6.45) is 1.26. The lowest BCUT2D eigenvalue weighted by Crippen LogP contribution is -2.54. The third kappa shape index (κ3) is 6.87. The van der Waals surface area contributed by atoms with Gasteiger partial charge in [-0.1, -0.05) is 66.7 Å². The smallest absolute Gasteiger partial charge is 0.243 e. The molecule has 3 aromatic carbocycles. The van der Waals surface area contributed by atoms with E-state index >= 15 is 0 Å². The van der Waals surface area contributed by atoms with Crippen molar-refractivity contribution in [2.24, 2.45) is 0 Å². The van der Waals surface area contributed by atoms with Crippen LogP contribution in [0.25, 0.3) is 0 Å². The van der Waals surface area contributed by atoms with Crippen LogP contribution in [0, 0.1) is 0 Å². The molecule has 1 N–H and O–H groups in total. The van der Waals surface area contributed by atoms with E-state index in [4.69, 9.17) is 9.47 Å². The minimum atomic E-state index is -0.643. The van der Waals surface area contributed by atoms with Crippen LogP contribution in [0.1, 0.15) is 43.9 Å². The highest BCUT2D eigenvalue weighted by Crippen LogP contribution is 2.33. The molecule has 0 fully saturated rings. The molecule has 6 nitrogen and oxygen atoms in total. The van der Waals surface area contributed by atoms with Crippen molar-refractivity contribution < 1.29 is 19.1 Å². The Morgan fingerprint density at radius 3 is 2.17 bits per heavy atom. The molecule has 0 saturated heterocycles. The van der Waals surface area contributed by atoms with Crippen LogP contribution in [0.3, 0.4) is 0 Å². The lowest BCUT2D eigenvalue weighted by Gasteiger charge is -2.34. The largest absolute Gasteiger partial charge is 0.454 e. The Morgan fingerprint density at radius 1 is 0.861 bits per heavy atom. The van der Waals surface area contributed by atoms with E-state index in [-0.39, 0.29) is 25.0 Å². The summed E-state index contributed by atoms with van der Waals surface area (Å²) in [6, 6.07) is 24.8. The van der Waals surface area contributed by atoms with Crippen molar-refractivity contribution in [2.75, 3.05) is 6.79 Å². The lowest BCUT2D eigenvalue weighted by atomic mass is 9.99. The number of aryl methyl sites for hydroxylation is 1. The fraction of sp³-hybridized carbons (Fsp3) is 0.333. The molecule has 1 atom stereocenters. The van der Waals surface area contributed by atoms with Gasteiger partial charge in [0, 0.05) is 24.9 Å². The molecule has 1 heterocycles. The fourth-order valence-corrected chi connectivity index (χ4v) is 4.28. The van der Waals surface area contributed by atoms with Crippen LogP contribution in [0.5, 0.6) is 11.5 Å². The number of amides is 2. The molecular weight excluding hydrogens is 452 g/mol. The van der Waals surface area contributed by atoms with E-state index in [1.807, 2.05) is 99.6 Å². The molecule has 0 aromatic heterocycles. The summed E-state index contributed by atoms with van der Waals surface area (Å²) in [5.74, 6) is 1.20. The molecule has 6 heteroatoms. The summed E-state index contributed by atoms with van der Waals surface area (Å²) in [5.41, 5.74) is 2.56. The Labute approximate surface area is 213 Å². The number of carbonyl (C=O) groups excluding carboxylic acids is 2. The molecule has 2 amide bonds. The number of nitrogens with one attached hydrogen (secondary N) is 1. The van der Waals surface area contributed by atoms with Crippen molar-refractivity contribution in [1.29, 1.82) is 0 Å². The molecule has 0 aliphatic carbocycles. The molecule has 0 bridgehead atoms. The molecule has 0 spiro atoms. The molecule has 36 heavy (non-hydrogen) atoms. The first-order valence-electron chi connectivity index (χ1n) is 12.4. The molecule has 0 unspecified atom stereocenters. The quantitative estimate of drug-likeness (QED) is 0.467. The predicted octanol–water partition coefficient (Wildman–Crippen LogP) is 4.90. The summed E-state index contributed by atoms with van der Waals surface area (Å²) in [6.45, 7) is 6.43. The summed E-state index contributed by atoms with van der Waals surface area (Å²) in [4.78, 5) is 29.0. The molecule has 1 aliphatic rings. The summed E-state index contributed by atoms with van der Waals surface area (Å²) in [5, 5.41) is 3.10. The number of nitrogens with zero attached hydrogens (tertiary/aromatic N) is 1. The van der Waals surface area contributed by atoms with Gasteiger partial charge in [-0.25, -0.2) is 0 Å². The average Bonchev–Trinajstić information content (AvgIpc) is 3.33. The Kier molecular flexibility index (Phi) is 7.93. The number of carbonyl (C=O) groups is 2. The summed E-state index contributed by atoms with van der Waals surface area (Å²) < 4.78 is 10.9. The Hall–Kier alpha value is -3.80. The predicted molar refractivity (Wildman–Crippen MR) is 140 cm³/mol. The van der Waals surface area contributed by atoms with Gasteiger partial charge in [-0.05, 0) is 56.0 Å². The van der Waals surface area contributed by atoms with Crippen molar-refractivity contribution in [3.63, 3.8) is 0 Å². The van der Waals surface area contributed by atoms with E-state index in [9.17, 15) is 9.59 Å². The van der Waals surface area contributed by atoms with Crippen LogP contribution in [-0.2, 0) is 29.0 Å². The minimum absolute atomic E-state index is 0.0680. The van der Waals surface area contributed by atoms with Crippen LogP contribution >= 0.6 is 0 Å². The van der Waals surface area contributed by atoms with Gasteiger partial charge in [-0.3, -0.25) is 9.59 Å². The number of ether oxygens (including phenoxy) is 2. The standard InChI is InChI=1S/C30H34N2O4/c1-30(2,3)31-29(34)25(18-22-10-6-4-7-11-22)32(20-24-12-8-5-9-13-24)28(33)17-15-23-14-16-26-27(19-23)36-21-35-26/h4-14,16,19,25H,15,17-18,20-21H2,1-3H3,(H,31,34)/t25-/m1/s1. The Bertz CT molecular complexity index is 1170. The second-order valence-corrected chi connectivity index (χ2v) is 10.1. The van der Waals surface area contributed by atoms with Crippen LogP contribution in [0.4, 0.5) is 0 Å². The number of hydrogen-bond donors (Lipinski definition) is 1. The first-order valence-corrected chi connectivity index (χ1v) is 12.4. The number of hydrogen-bond acceptors (Lipinski definition) is 4. The summed E-state index contributed by atoms with van der Waals surface area (Å²) in [7, 11) is 0. The molecule has 0 saturated carbocycles. The first kappa shape index (κ1) is 25.3. The van der Waals surface area contributed by atoms with Gasteiger partial charge in [0.05, 0.1) is 0 Å². The van der Waals surface area contributed by atoms with E-state index in [1.54, 1.807) is 4.90 Å². The van der Waals surface area contributed by atoms with Crippen LogP contribution in [0.2, 0.25) is 0 Å². The minimum Gasteiger partial charge on any atom is -0.454 e. The van der Waals surface area contributed by atoms with Crippen molar-refractivity contribution in [3.05, 3.63) is 95.6 Å². The van der Waals surface area contributed by atoms with E-state index < -0.39 is 11.6 Å². The highest BCUT2D eigenvalue weighted by atomic mass is 16.7. The fourth-order valence-electron chi connectivity index (χ4n) is 4.28. The topological polar surface area (TPSA) is 67.9 Å². The second kappa shape index (κ2) is 11.3. The van der Waals surface area contributed by atoms with E-state index in [1.165, 1.54) is 0 Å². The van der Waals surface area contributed by atoms with Crippen molar-refractivity contribution in [2.45, 2.75) is 58.2 Å². The monoisotopic (exact) mass is 486 g/mol. The second-order valence-electron chi connectivity index (χ2n) is 10.1. The maximum absolute atomic E-state index is 13.7.